The van der Waals surface area contributed by atoms with Gasteiger partial charge in [-0.05, 0) is 24.5 Å². The molecule has 0 aliphatic heterocycles. The highest BCUT2D eigenvalue weighted by Gasteiger charge is 2.10. The quantitative estimate of drug-likeness (QED) is 0.790. The largest absolute Gasteiger partial charge is 0.419 e. The summed E-state index contributed by atoms with van der Waals surface area (Å²) >= 11 is 0. The maximum Gasteiger partial charge on any atom is 0.419 e. The van der Waals surface area contributed by atoms with Gasteiger partial charge in [-0.3, -0.25) is 25.0 Å². The number of hydrogen-bond acceptors (Lipinski definition) is 4. The molecule has 23 heavy (non-hydrogen) atoms. The molecule has 0 saturated carbocycles. The normalized spacial score (nSPS) is 10.9. The van der Waals surface area contributed by atoms with Crippen LogP contribution in [0.5, 0.6) is 0 Å². The molecule has 2 amide bonds. The van der Waals surface area contributed by atoms with E-state index in [9.17, 15) is 14.4 Å². The van der Waals surface area contributed by atoms with Gasteiger partial charge in [0.15, 0.2) is 5.58 Å². The molecular weight excluding hydrogens is 298 g/mol. The van der Waals surface area contributed by atoms with Crippen molar-refractivity contribution < 1.29 is 14.0 Å². The number of benzene rings is 1. The number of para-hydroxylation sites is 2. The first kappa shape index (κ1) is 16.8. The Morgan fingerprint density at radius 2 is 1.87 bits per heavy atom. The molecule has 124 valence electrons. The molecule has 1 aromatic heterocycles. The molecule has 0 aliphatic carbocycles. The Balaban J connectivity index is 1.80. The zero-order chi connectivity index (χ0) is 16.8. The lowest BCUT2D eigenvalue weighted by molar-refractivity contribution is -0.129. The minimum absolute atomic E-state index is 0.202. The van der Waals surface area contributed by atoms with Gasteiger partial charge in [0, 0.05) is 19.4 Å². The number of fused-ring (bicyclic) bond motifs is 1. The van der Waals surface area contributed by atoms with Crippen molar-refractivity contribution in [3.8, 4) is 0 Å². The lowest BCUT2D eigenvalue weighted by Crippen LogP contribution is -2.42. The molecule has 0 radical (unpaired) electrons. The first-order valence-corrected chi connectivity index (χ1v) is 7.63. The molecule has 0 saturated heterocycles. The van der Waals surface area contributed by atoms with E-state index in [1.165, 1.54) is 4.57 Å². The summed E-state index contributed by atoms with van der Waals surface area (Å²) in [4.78, 5) is 34.9. The smallest absolute Gasteiger partial charge is 0.408 e. The number of aryl methyl sites for hydroxylation is 1. The van der Waals surface area contributed by atoms with E-state index >= 15 is 0 Å². The average molecular weight is 319 g/mol. The van der Waals surface area contributed by atoms with E-state index in [1.54, 1.807) is 18.2 Å². The standard InChI is InChI=1S/C16H21N3O4/c1-11(2)10-15(21)18-17-14(20)8-5-9-19-12-6-3-4-7-13(12)23-16(19)22/h3-4,6-7,11H,5,8-10H2,1-2H3,(H,17,20)(H,18,21). The molecule has 7 nitrogen and oxygen atoms in total. The van der Waals surface area contributed by atoms with Gasteiger partial charge in [-0.1, -0.05) is 26.0 Å². The number of carbonyl (C=O) groups excluding carboxylic acids is 2. The summed E-state index contributed by atoms with van der Waals surface area (Å²) in [7, 11) is 0. The average Bonchev–Trinajstić information content (AvgIpc) is 2.80. The van der Waals surface area contributed by atoms with Crippen molar-refractivity contribution in [2.45, 2.75) is 39.7 Å². The molecule has 0 bridgehead atoms. The molecule has 2 rings (SSSR count). The van der Waals surface area contributed by atoms with Gasteiger partial charge in [0.25, 0.3) is 0 Å². The number of hydrazine groups is 1. The second-order valence-corrected chi connectivity index (χ2v) is 5.79. The summed E-state index contributed by atoms with van der Waals surface area (Å²) in [6, 6.07) is 7.14. The summed E-state index contributed by atoms with van der Waals surface area (Å²) in [5.74, 6) is -0.710. The maximum absolute atomic E-state index is 11.8. The predicted molar refractivity (Wildman–Crippen MR) is 85.4 cm³/mol. The highest BCUT2D eigenvalue weighted by Crippen LogP contribution is 2.12. The van der Waals surface area contributed by atoms with E-state index in [4.69, 9.17) is 4.42 Å². The van der Waals surface area contributed by atoms with E-state index in [0.717, 1.165) is 0 Å². The zero-order valence-corrected chi connectivity index (χ0v) is 13.3. The van der Waals surface area contributed by atoms with Crippen LogP contribution in [-0.4, -0.2) is 16.4 Å². The summed E-state index contributed by atoms with van der Waals surface area (Å²) in [6.07, 6.45) is 1.03. The predicted octanol–water partition coefficient (Wildman–Crippen LogP) is 1.57. The second kappa shape index (κ2) is 7.62. The third-order valence-corrected chi connectivity index (χ3v) is 3.29. The number of amides is 2. The van der Waals surface area contributed by atoms with Crippen LogP contribution in [0.25, 0.3) is 11.1 Å². The molecule has 1 heterocycles. The Morgan fingerprint density at radius 1 is 1.17 bits per heavy atom. The van der Waals surface area contributed by atoms with Gasteiger partial charge in [0.05, 0.1) is 5.52 Å². The van der Waals surface area contributed by atoms with Crippen LogP contribution >= 0.6 is 0 Å². The fourth-order valence-electron chi connectivity index (χ4n) is 2.25. The van der Waals surface area contributed by atoms with Crippen LogP contribution in [0.4, 0.5) is 0 Å². The molecule has 0 atom stereocenters. The van der Waals surface area contributed by atoms with Crippen LogP contribution in [0, 0.1) is 5.92 Å². The van der Waals surface area contributed by atoms with Crippen molar-refractivity contribution >= 4 is 22.9 Å². The van der Waals surface area contributed by atoms with Gasteiger partial charge in [-0.15, -0.1) is 0 Å². The lowest BCUT2D eigenvalue weighted by atomic mass is 10.1. The molecule has 0 spiro atoms. The molecule has 2 N–H and O–H groups in total. The highest BCUT2D eigenvalue weighted by molar-refractivity contribution is 5.82. The molecule has 1 aromatic carbocycles. The van der Waals surface area contributed by atoms with Crippen molar-refractivity contribution in [3.63, 3.8) is 0 Å². The minimum Gasteiger partial charge on any atom is -0.408 e. The van der Waals surface area contributed by atoms with Crippen molar-refractivity contribution in [2.24, 2.45) is 5.92 Å². The molecule has 0 aliphatic rings. The van der Waals surface area contributed by atoms with Crippen molar-refractivity contribution in [3.05, 3.63) is 34.8 Å². The van der Waals surface area contributed by atoms with E-state index in [0.29, 0.717) is 30.5 Å². The van der Waals surface area contributed by atoms with Gasteiger partial charge in [0.2, 0.25) is 11.8 Å². The second-order valence-electron chi connectivity index (χ2n) is 5.79. The van der Waals surface area contributed by atoms with E-state index in [1.807, 2.05) is 19.9 Å². The maximum atomic E-state index is 11.8. The number of nitrogens with zero attached hydrogens (tertiary/aromatic N) is 1. The summed E-state index contributed by atoms with van der Waals surface area (Å²) in [6.45, 7) is 4.23. The van der Waals surface area contributed by atoms with Gasteiger partial charge < -0.3 is 4.42 Å². The summed E-state index contributed by atoms with van der Waals surface area (Å²) < 4.78 is 6.62. The Bertz CT molecular complexity index is 745. The monoisotopic (exact) mass is 319 g/mol. The topological polar surface area (TPSA) is 93.3 Å². The Hall–Kier alpha value is -2.57. The van der Waals surface area contributed by atoms with E-state index in [2.05, 4.69) is 10.9 Å². The molecule has 7 heteroatoms. The fourth-order valence-corrected chi connectivity index (χ4v) is 2.25. The number of nitrogens with one attached hydrogen (secondary N) is 2. The van der Waals surface area contributed by atoms with Crippen LogP contribution in [0.3, 0.4) is 0 Å². The van der Waals surface area contributed by atoms with Gasteiger partial charge in [-0.25, -0.2) is 4.79 Å². The third kappa shape index (κ3) is 4.70. The Labute approximate surface area is 133 Å². The first-order chi connectivity index (χ1) is 11.0. The summed E-state index contributed by atoms with van der Waals surface area (Å²) in [5, 5.41) is 0. The zero-order valence-electron chi connectivity index (χ0n) is 13.3. The van der Waals surface area contributed by atoms with Crippen molar-refractivity contribution in [1.29, 1.82) is 0 Å². The van der Waals surface area contributed by atoms with E-state index in [-0.39, 0.29) is 24.2 Å². The number of oxazole rings is 1. The van der Waals surface area contributed by atoms with Gasteiger partial charge >= 0.3 is 5.76 Å². The number of aromatic nitrogens is 1. The number of hydrogen-bond donors (Lipinski definition) is 2. The SMILES string of the molecule is CC(C)CC(=O)NNC(=O)CCCn1c(=O)oc2ccccc21. The van der Waals surface area contributed by atoms with Crippen LogP contribution in [0.1, 0.15) is 33.1 Å². The van der Waals surface area contributed by atoms with Gasteiger partial charge in [-0.2, -0.15) is 0 Å². The molecule has 0 fully saturated rings. The fraction of sp³-hybridized carbons (Fsp3) is 0.438. The van der Waals surface area contributed by atoms with E-state index < -0.39 is 5.76 Å². The van der Waals surface area contributed by atoms with Crippen molar-refractivity contribution in [1.82, 2.24) is 15.4 Å². The molecule has 2 aromatic rings. The van der Waals surface area contributed by atoms with Crippen LogP contribution < -0.4 is 16.6 Å². The molecular formula is C16H21N3O4. The van der Waals surface area contributed by atoms with Crippen molar-refractivity contribution in [2.75, 3.05) is 0 Å². The molecule has 0 unspecified atom stereocenters. The van der Waals surface area contributed by atoms with Crippen LogP contribution in [0.2, 0.25) is 0 Å². The highest BCUT2D eigenvalue weighted by atomic mass is 16.4. The van der Waals surface area contributed by atoms with Crippen LogP contribution in [0.15, 0.2) is 33.5 Å². The third-order valence-electron chi connectivity index (χ3n) is 3.29. The summed E-state index contributed by atoms with van der Waals surface area (Å²) in [5.41, 5.74) is 5.99. The number of rotatable bonds is 6. The van der Waals surface area contributed by atoms with Crippen LogP contribution in [-0.2, 0) is 16.1 Å². The Morgan fingerprint density at radius 3 is 2.61 bits per heavy atom. The first-order valence-electron chi connectivity index (χ1n) is 7.63. The lowest BCUT2D eigenvalue weighted by Gasteiger charge is -2.08. The number of carbonyl (C=O) groups is 2. The van der Waals surface area contributed by atoms with Gasteiger partial charge in [0.1, 0.15) is 0 Å². The Kier molecular flexibility index (Phi) is 5.56. The minimum atomic E-state index is -0.433.